The van der Waals surface area contributed by atoms with Gasteiger partial charge in [-0.05, 0) is 61.8 Å². The summed E-state index contributed by atoms with van der Waals surface area (Å²) in [5, 5.41) is 17.3. The summed E-state index contributed by atoms with van der Waals surface area (Å²) in [5.74, 6) is 0.608. The third-order valence-electron chi connectivity index (χ3n) is 5.89. The topological polar surface area (TPSA) is 72.4 Å². The zero-order valence-corrected chi connectivity index (χ0v) is 19.6. The average molecular weight is 516 g/mol. The van der Waals surface area contributed by atoms with Crippen molar-refractivity contribution < 1.29 is 9.50 Å². The molecule has 1 aromatic heterocycles. The zero-order valence-electron chi connectivity index (χ0n) is 17.3. The maximum atomic E-state index is 13.3. The minimum absolute atomic E-state index is 0. The fraction of sp³-hybridized carbons (Fsp3) is 0.591. The molecule has 29 heavy (non-hydrogen) atoms. The highest BCUT2D eigenvalue weighted by Crippen LogP contribution is 2.39. The quantitative estimate of drug-likeness (QED) is 0.240. The molecule has 3 rings (SSSR count). The van der Waals surface area contributed by atoms with Gasteiger partial charge in [-0.25, -0.2) is 4.39 Å². The Kier molecular flexibility index (Phi) is 9.68. The fourth-order valence-electron chi connectivity index (χ4n) is 4.30. The van der Waals surface area contributed by atoms with Gasteiger partial charge in [0.2, 0.25) is 0 Å². The van der Waals surface area contributed by atoms with Gasteiger partial charge in [0.25, 0.3) is 0 Å². The molecule has 1 aliphatic carbocycles. The van der Waals surface area contributed by atoms with Gasteiger partial charge in [-0.15, -0.1) is 24.0 Å². The van der Waals surface area contributed by atoms with E-state index in [1.165, 1.54) is 37.0 Å². The number of aliphatic imine (C=N–C) groups is 1. The Balaban J connectivity index is 0.00000300. The first-order valence-electron chi connectivity index (χ1n) is 10.5. The number of nitrogens with one attached hydrogen (secondary N) is 3. The van der Waals surface area contributed by atoms with E-state index in [0.717, 1.165) is 62.2 Å². The summed E-state index contributed by atoms with van der Waals surface area (Å²) in [7, 11) is 0. The number of aromatic amines is 1. The molecule has 0 aliphatic heterocycles. The number of H-pyrrole nitrogens is 1. The Morgan fingerprint density at radius 3 is 2.76 bits per heavy atom. The van der Waals surface area contributed by atoms with Crippen LogP contribution in [0.25, 0.3) is 10.9 Å². The molecule has 0 bridgehead atoms. The number of fused-ring (bicyclic) bond motifs is 1. The number of benzene rings is 1. The van der Waals surface area contributed by atoms with Crippen molar-refractivity contribution in [2.45, 2.75) is 51.9 Å². The monoisotopic (exact) mass is 516 g/mol. The highest BCUT2D eigenvalue weighted by atomic mass is 127. The van der Waals surface area contributed by atoms with Crippen LogP contribution in [0.5, 0.6) is 0 Å². The summed E-state index contributed by atoms with van der Waals surface area (Å²) in [6, 6.07) is 4.86. The summed E-state index contributed by atoms with van der Waals surface area (Å²) in [6.45, 7) is 4.62. The van der Waals surface area contributed by atoms with Gasteiger partial charge >= 0.3 is 0 Å². The maximum absolute atomic E-state index is 13.3. The van der Waals surface area contributed by atoms with E-state index >= 15 is 0 Å². The van der Waals surface area contributed by atoms with E-state index in [0.29, 0.717) is 0 Å². The van der Waals surface area contributed by atoms with Gasteiger partial charge in [-0.1, -0.05) is 19.3 Å². The molecule has 1 aromatic carbocycles. The largest absolute Gasteiger partial charge is 0.396 e. The molecule has 1 aliphatic rings. The summed E-state index contributed by atoms with van der Waals surface area (Å²) in [5.41, 5.74) is 2.15. The van der Waals surface area contributed by atoms with Crippen LogP contribution in [0.1, 0.15) is 51.0 Å². The van der Waals surface area contributed by atoms with Crippen molar-refractivity contribution >= 4 is 40.8 Å². The predicted octanol–water partition coefficient (Wildman–Crippen LogP) is 4.36. The van der Waals surface area contributed by atoms with Crippen LogP contribution in [0.3, 0.4) is 0 Å². The molecule has 0 spiro atoms. The molecular formula is C22H34FIN4O. The van der Waals surface area contributed by atoms with Crippen LogP contribution in [0.4, 0.5) is 4.39 Å². The molecule has 0 radical (unpaired) electrons. The van der Waals surface area contributed by atoms with Crippen LogP contribution in [-0.4, -0.2) is 42.3 Å². The molecule has 0 amide bonds. The highest BCUT2D eigenvalue weighted by molar-refractivity contribution is 14.0. The lowest BCUT2D eigenvalue weighted by atomic mass is 9.72. The van der Waals surface area contributed by atoms with E-state index in [-0.39, 0.29) is 41.8 Å². The first kappa shape index (κ1) is 23.9. The van der Waals surface area contributed by atoms with Gasteiger partial charge in [0.1, 0.15) is 5.82 Å². The van der Waals surface area contributed by atoms with E-state index in [4.69, 9.17) is 4.99 Å². The molecule has 5 nitrogen and oxygen atoms in total. The van der Waals surface area contributed by atoms with E-state index in [9.17, 15) is 9.50 Å². The van der Waals surface area contributed by atoms with Crippen molar-refractivity contribution in [3.63, 3.8) is 0 Å². The van der Waals surface area contributed by atoms with Gasteiger partial charge in [-0.2, -0.15) is 0 Å². The first-order valence-corrected chi connectivity index (χ1v) is 10.5. The molecule has 0 saturated heterocycles. The number of halogens is 2. The van der Waals surface area contributed by atoms with Crippen LogP contribution in [0.2, 0.25) is 0 Å². The third-order valence-corrected chi connectivity index (χ3v) is 5.89. The predicted molar refractivity (Wildman–Crippen MR) is 129 cm³/mol. The van der Waals surface area contributed by atoms with Crippen LogP contribution < -0.4 is 10.6 Å². The summed E-state index contributed by atoms with van der Waals surface area (Å²) >= 11 is 0. The number of nitrogens with zero attached hydrogens (tertiary/aromatic N) is 1. The number of hydrogen-bond donors (Lipinski definition) is 4. The molecule has 7 heteroatoms. The molecule has 1 fully saturated rings. The van der Waals surface area contributed by atoms with E-state index in [2.05, 4.69) is 22.5 Å². The van der Waals surface area contributed by atoms with Crippen molar-refractivity contribution in [3.05, 3.63) is 35.8 Å². The molecule has 2 aromatic rings. The van der Waals surface area contributed by atoms with Gasteiger partial charge in [0.05, 0.1) is 0 Å². The summed E-state index contributed by atoms with van der Waals surface area (Å²) in [4.78, 5) is 7.99. The van der Waals surface area contributed by atoms with Crippen molar-refractivity contribution in [2.24, 2.45) is 10.4 Å². The number of hydrogen-bond acceptors (Lipinski definition) is 2. The van der Waals surface area contributed by atoms with E-state index < -0.39 is 0 Å². The average Bonchev–Trinajstić information content (AvgIpc) is 3.09. The number of rotatable bonds is 8. The molecule has 1 saturated carbocycles. The number of aliphatic hydroxyl groups is 1. The maximum Gasteiger partial charge on any atom is 0.191 e. The number of aliphatic hydroxyl groups excluding tert-OH is 1. The first-order chi connectivity index (χ1) is 13.7. The molecule has 4 N–H and O–H groups in total. The van der Waals surface area contributed by atoms with Crippen LogP contribution in [0.15, 0.2) is 29.4 Å². The number of aromatic nitrogens is 1. The lowest BCUT2D eigenvalue weighted by Crippen LogP contribution is -2.40. The van der Waals surface area contributed by atoms with Gasteiger partial charge in [0, 0.05) is 43.3 Å². The highest BCUT2D eigenvalue weighted by Gasteiger charge is 2.31. The second kappa shape index (κ2) is 11.7. The van der Waals surface area contributed by atoms with E-state index in [1.54, 1.807) is 0 Å². The second-order valence-corrected chi connectivity index (χ2v) is 7.91. The zero-order chi connectivity index (χ0) is 19.8. The molecular weight excluding hydrogens is 482 g/mol. The third kappa shape index (κ3) is 6.57. The van der Waals surface area contributed by atoms with Crippen LogP contribution in [-0.2, 0) is 6.42 Å². The Bertz CT molecular complexity index is 781. The van der Waals surface area contributed by atoms with Crippen molar-refractivity contribution in [1.29, 1.82) is 0 Å². The minimum atomic E-state index is -0.222. The smallest absolute Gasteiger partial charge is 0.191 e. The Hall–Kier alpha value is -1.35. The molecule has 1 heterocycles. The SMILES string of the molecule is CCNC(=NCC1(CCO)CCCCC1)NCCc1c[nH]c2cc(F)ccc12.I. The van der Waals surface area contributed by atoms with Gasteiger partial charge in [-0.3, -0.25) is 4.99 Å². The summed E-state index contributed by atoms with van der Waals surface area (Å²) < 4.78 is 13.3. The number of guanidine groups is 1. The van der Waals surface area contributed by atoms with Gasteiger partial charge in [0.15, 0.2) is 5.96 Å². The normalized spacial score (nSPS) is 16.4. The summed E-state index contributed by atoms with van der Waals surface area (Å²) in [6.07, 6.45) is 9.70. The van der Waals surface area contributed by atoms with E-state index in [1.807, 2.05) is 12.3 Å². The molecule has 0 atom stereocenters. The lowest BCUT2D eigenvalue weighted by Gasteiger charge is -2.35. The van der Waals surface area contributed by atoms with Crippen molar-refractivity contribution in [2.75, 3.05) is 26.2 Å². The Labute approximate surface area is 190 Å². The second-order valence-electron chi connectivity index (χ2n) is 7.91. The van der Waals surface area contributed by atoms with Crippen LogP contribution >= 0.6 is 24.0 Å². The van der Waals surface area contributed by atoms with Crippen molar-refractivity contribution in [3.8, 4) is 0 Å². The fourth-order valence-corrected chi connectivity index (χ4v) is 4.30. The Morgan fingerprint density at radius 2 is 2.03 bits per heavy atom. The lowest BCUT2D eigenvalue weighted by molar-refractivity contribution is 0.137. The van der Waals surface area contributed by atoms with Crippen LogP contribution in [0, 0.1) is 11.2 Å². The Morgan fingerprint density at radius 1 is 1.24 bits per heavy atom. The van der Waals surface area contributed by atoms with Crippen molar-refractivity contribution in [1.82, 2.24) is 15.6 Å². The minimum Gasteiger partial charge on any atom is -0.396 e. The molecule has 0 unspecified atom stereocenters. The van der Waals surface area contributed by atoms with Gasteiger partial charge < -0.3 is 20.7 Å². The standard InChI is InChI=1S/C22H33FN4O.HI/c1-2-24-21(27-16-22(11-13-28)9-4-3-5-10-22)25-12-8-17-15-26-20-14-18(23)6-7-19(17)20;/h6-7,14-15,26,28H,2-5,8-13,16H2,1H3,(H2,24,25,27);1H. The molecule has 162 valence electrons.